The molecule has 1 aliphatic heterocycles. The normalized spacial score (nSPS) is 15.8. The Balaban J connectivity index is 1.67. The molecule has 0 saturated carbocycles. The van der Waals surface area contributed by atoms with E-state index in [9.17, 15) is 8.42 Å². The monoisotopic (exact) mass is 469 g/mol. The summed E-state index contributed by atoms with van der Waals surface area (Å²) in [5.41, 5.74) is 5.44. The molecule has 1 saturated heterocycles. The van der Waals surface area contributed by atoms with E-state index in [1.807, 2.05) is 6.08 Å². The van der Waals surface area contributed by atoms with E-state index in [1.54, 1.807) is 35.6 Å². The Morgan fingerprint density at radius 2 is 1.81 bits per heavy atom. The maximum absolute atomic E-state index is 12.8. The van der Waals surface area contributed by atoms with E-state index in [4.69, 9.17) is 9.73 Å². The molecule has 0 aliphatic carbocycles. The smallest absolute Gasteiger partial charge is 0.243 e. The van der Waals surface area contributed by atoms with Gasteiger partial charge in [0.2, 0.25) is 10.0 Å². The molecule has 1 fully saturated rings. The van der Waals surface area contributed by atoms with Gasteiger partial charge in [-0.1, -0.05) is 18.2 Å². The van der Waals surface area contributed by atoms with Crippen molar-refractivity contribution in [3.63, 3.8) is 0 Å². The van der Waals surface area contributed by atoms with Crippen molar-refractivity contribution in [1.29, 1.82) is 0 Å². The maximum Gasteiger partial charge on any atom is 0.243 e. The fraction of sp³-hybridized carbons (Fsp3) is 0.292. The van der Waals surface area contributed by atoms with Gasteiger partial charge in [0.1, 0.15) is 0 Å². The third-order valence-electron chi connectivity index (χ3n) is 5.58. The van der Waals surface area contributed by atoms with E-state index in [-0.39, 0.29) is 4.90 Å². The summed E-state index contributed by atoms with van der Waals surface area (Å²) in [7, 11) is -3.51. The van der Waals surface area contributed by atoms with Crippen molar-refractivity contribution in [2.45, 2.75) is 25.3 Å². The number of benzene rings is 2. The minimum absolute atomic E-state index is 0.277. The van der Waals surface area contributed by atoms with Crippen molar-refractivity contribution in [3.8, 4) is 11.3 Å². The molecule has 0 N–H and O–H groups in total. The largest absolute Gasteiger partial charge is 0.379 e. The lowest BCUT2D eigenvalue weighted by atomic mass is 10.0. The minimum atomic E-state index is -3.51. The van der Waals surface area contributed by atoms with E-state index in [2.05, 4.69) is 48.6 Å². The lowest BCUT2D eigenvalue weighted by Crippen LogP contribution is -2.40. The van der Waals surface area contributed by atoms with Crippen molar-refractivity contribution in [1.82, 2.24) is 8.87 Å². The number of aromatic nitrogens is 1. The van der Waals surface area contributed by atoms with Crippen LogP contribution in [-0.4, -0.2) is 43.6 Å². The first kappa shape index (κ1) is 22.7. The number of allylic oxidation sites excluding steroid dienone is 1. The topological polar surface area (TPSA) is 63.9 Å². The standard InChI is InChI=1S/C24H27N3O3S2/c1-4-11-27-23(20-6-5-18(2)19(3)16-20)17-31-24(27)25-21-7-9-22(10-8-21)32(28,29)26-12-14-30-15-13-26/h4-10,16-17H,1,11-15H2,2-3H3. The average Bonchev–Trinajstić information content (AvgIpc) is 3.19. The summed E-state index contributed by atoms with van der Waals surface area (Å²) in [6.07, 6.45) is 1.86. The predicted octanol–water partition coefficient (Wildman–Crippen LogP) is 4.27. The molecule has 2 heterocycles. The molecule has 168 valence electrons. The summed E-state index contributed by atoms with van der Waals surface area (Å²) in [4.78, 5) is 5.90. The van der Waals surface area contributed by atoms with Crippen molar-refractivity contribution in [3.05, 3.63) is 76.4 Å². The number of hydrogen-bond donors (Lipinski definition) is 0. The highest BCUT2D eigenvalue weighted by atomic mass is 32.2. The van der Waals surface area contributed by atoms with Crippen molar-refractivity contribution in [2.24, 2.45) is 4.99 Å². The summed E-state index contributed by atoms with van der Waals surface area (Å²) in [5, 5.41) is 2.10. The molecule has 1 aromatic heterocycles. The number of nitrogens with zero attached hydrogens (tertiary/aromatic N) is 3. The zero-order chi connectivity index (χ0) is 22.7. The molecule has 3 aromatic rings. The molecule has 1 aliphatic rings. The molecule has 0 atom stereocenters. The van der Waals surface area contributed by atoms with Crippen LogP contribution < -0.4 is 4.80 Å². The van der Waals surface area contributed by atoms with Crippen LogP contribution >= 0.6 is 11.3 Å². The second-order valence-electron chi connectivity index (χ2n) is 7.72. The van der Waals surface area contributed by atoms with Crippen molar-refractivity contribution < 1.29 is 13.2 Å². The molecule has 0 spiro atoms. The van der Waals surface area contributed by atoms with Gasteiger partial charge >= 0.3 is 0 Å². The summed E-state index contributed by atoms with van der Waals surface area (Å²) in [6.45, 7) is 10.4. The Hall–Kier alpha value is -2.52. The number of thiazole rings is 1. The van der Waals surface area contributed by atoms with E-state index < -0.39 is 10.0 Å². The highest BCUT2D eigenvalue weighted by Crippen LogP contribution is 2.24. The number of rotatable bonds is 6. The Kier molecular flexibility index (Phi) is 6.76. The molecule has 6 nitrogen and oxygen atoms in total. The Bertz CT molecular complexity index is 1280. The summed E-state index contributed by atoms with van der Waals surface area (Å²) < 4.78 is 34.5. The molecule has 32 heavy (non-hydrogen) atoms. The second-order valence-corrected chi connectivity index (χ2v) is 10.5. The summed E-state index contributed by atoms with van der Waals surface area (Å²) in [5.74, 6) is 0. The first-order valence-electron chi connectivity index (χ1n) is 10.5. The Morgan fingerprint density at radius 3 is 2.47 bits per heavy atom. The molecule has 2 aromatic carbocycles. The Morgan fingerprint density at radius 1 is 1.09 bits per heavy atom. The third-order valence-corrected chi connectivity index (χ3v) is 8.36. The molecule has 0 unspecified atom stereocenters. The zero-order valence-electron chi connectivity index (χ0n) is 18.3. The number of aryl methyl sites for hydroxylation is 2. The lowest BCUT2D eigenvalue weighted by molar-refractivity contribution is 0.0730. The molecule has 0 radical (unpaired) electrons. The van der Waals surface area contributed by atoms with Gasteiger partial charge in [-0.25, -0.2) is 13.4 Å². The van der Waals surface area contributed by atoms with Gasteiger partial charge in [0.15, 0.2) is 4.80 Å². The van der Waals surface area contributed by atoms with Crippen LogP contribution in [-0.2, 0) is 21.3 Å². The van der Waals surface area contributed by atoms with E-state index in [1.165, 1.54) is 15.4 Å². The fourth-order valence-corrected chi connectivity index (χ4v) is 5.94. The van der Waals surface area contributed by atoms with Crippen LogP contribution in [0.25, 0.3) is 11.3 Å². The third kappa shape index (κ3) is 4.63. The number of sulfonamides is 1. The molecule has 0 amide bonds. The van der Waals surface area contributed by atoms with Crippen LogP contribution in [0.5, 0.6) is 0 Å². The first-order valence-corrected chi connectivity index (χ1v) is 12.8. The zero-order valence-corrected chi connectivity index (χ0v) is 20.0. The predicted molar refractivity (Wildman–Crippen MR) is 129 cm³/mol. The van der Waals surface area contributed by atoms with Gasteiger partial charge in [-0.05, 0) is 60.9 Å². The van der Waals surface area contributed by atoms with E-state index >= 15 is 0 Å². The van der Waals surface area contributed by atoms with Crippen LogP contribution in [0.3, 0.4) is 0 Å². The van der Waals surface area contributed by atoms with E-state index in [0.717, 1.165) is 16.1 Å². The summed E-state index contributed by atoms with van der Waals surface area (Å²) >= 11 is 1.56. The number of ether oxygens (including phenoxy) is 1. The van der Waals surface area contributed by atoms with Crippen LogP contribution in [0.2, 0.25) is 0 Å². The van der Waals surface area contributed by atoms with Gasteiger partial charge in [0.05, 0.1) is 29.5 Å². The molecular formula is C24H27N3O3S2. The Labute approximate surface area is 193 Å². The average molecular weight is 470 g/mol. The van der Waals surface area contributed by atoms with Gasteiger partial charge in [-0.2, -0.15) is 4.31 Å². The fourth-order valence-electron chi connectivity index (χ4n) is 3.59. The molecule has 8 heteroatoms. The van der Waals surface area contributed by atoms with Crippen LogP contribution in [0.1, 0.15) is 11.1 Å². The van der Waals surface area contributed by atoms with Crippen LogP contribution in [0, 0.1) is 13.8 Å². The van der Waals surface area contributed by atoms with Gasteiger partial charge in [-0.3, -0.25) is 0 Å². The van der Waals surface area contributed by atoms with E-state index in [0.29, 0.717) is 38.5 Å². The highest BCUT2D eigenvalue weighted by Gasteiger charge is 2.26. The van der Waals surface area contributed by atoms with Gasteiger partial charge < -0.3 is 9.30 Å². The first-order chi connectivity index (χ1) is 15.4. The van der Waals surface area contributed by atoms with Crippen LogP contribution in [0.15, 0.2) is 70.4 Å². The highest BCUT2D eigenvalue weighted by molar-refractivity contribution is 7.89. The minimum Gasteiger partial charge on any atom is -0.379 e. The van der Waals surface area contributed by atoms with Crippen molar-refractivity contribution >= 4 is 27.0 Å². The maximum atomic E-state index is 12.8. The van der Waals surface area contributed by atoms with Gasteiger partial charge in [-0.15, -0.1) is 17.9 Å². The second kappa shape index (κ2) is 9.54. The number of hydrogen-bond acceptors (Lipinski definition) is 5. The van der Waals surface area contributed by atoms with Gasteiger partial charge in [0.25, 0.3) is 0 Å². The number of morpholine rings is 1. The SMILES string of the molecule is C=CCn1c(-c2ccc(C)c(C)c2)csc1=Nc1ccc(S(=O)(=O)N2CCOCC2)cc1. The summed E-state index contributed by atoms with van der Waals surface area (Å²) in [6, 6.07) is 13.2. The van der Waals surface area contributed by atoms with Crippen LogP contribution in [0.4, 0.5) is 5.69 Å². The quantitative estimate of drug-likeness (QED) is 0.507. The lowest BCUT2D eigenvalue weighted by Gasteiger charge is -2.26. The molecule has 0 bridgehead atoms. The molecular weight excluding hydrogens is 442 g/mol. The molecule has 4 rings (SSSR count). The van der Waals surface area contributed by atoms with Crippen molar-refractivity contribution in [2.75, 3.05) is 26.3 Å². The van der Waals surface area contributed by atoms with Gasteiger partial charge in [0, 0.05) is 25.0 Å².